The molecule has 5 nitrogen and oxygen atoms in total. The van der Waals surface area contributed by atoms with Crippen LogP contribution in [-0.2, 0) is 9.59 Å². The van der Waals surface area contributed by atoms with Gasteiger partial charge in [-0.15, -0.1) is 0 Å². The summed E-state index contributed by atoms with van der Waals surface area (Å²) in [6.45, 7) is 0. The molecule has 2 aliphatic carbocycles. The standard InChI is InChI=1S/C22H16BrNO4/c23-15-6-8-17(9-7-15)28-22(27)14-2-1-3-16(11-14)24-20(25)18-12-4-5-13(10-12)19(18)21(24)26/h1-9,11-13,18-19H,10H2/t12-,13-,18-,19-/m0/s1. The van der Waals surface area contributed by atoms with Crippen LogP contribution in [0.15, 0.2) is 65.2 Å². The SMILES string of the molecule is O=C(Oc1ccc(Br)cc1)c1cccc(N2C(=O)[C@@H]3[C@@H](C2=O)[C@H]2C=C[C@H]3C2)c1. The summed E-state index contributed by atoms with van der Waals surface area (Å²) in [6, 6.07) is 13.4. The van der Waals surface area contributed by atoms with Gasteiger partial charge in [-0.3, -0.25) is 9.59 Å². The molecule has 2 aromatic carbocycles. The number of imide groups is 1. The number of hydrogen-bond acceptors (Lipinski definition) is 4. The number of carbonyl (C=O) groups excluding carboxylic acids is 3. The van der Waals surface area contributed by atoms with Crippen LogP contribution in [0.3, 0.4) is 0 Å². The van der Waals surface area contributed by atoms with Crippen molar-refractivity contribution >= 4 is 39.4 Å². The van der Waals surface area contributed by atoms with E-state index in [1.54, 1.807) is 48.5 Å². The van der Waals surface area contributed by atoms with E-state index in [0.717, 1.165) is 10.9 Å². The van der Waals surface area contributed by atoms with Crippen LogP contribution in [0.4, 0.5) is 5.69 Å². The van der Waals surface area contributed by atoms with Crippen LogP contribution in [0.2, 0.25) is 0 Å². The van der Waals surface area contributed by atoms with Gasteiger partial charge in [-0.05, 0) is 60.7 Å². The Balaban J connectivity index is 1.40. The fourth-order valence-electron chi connectivity index (χ4n) is 4.60. The Hall–Kier alpha value is -2.73. The first-order valence-electron chi connectivity index (χ1n) is 9.17. The lowest BCUT2D eigenvalue weighted by Gasteiger charge is -2.18. The maximum absolute atomic E-state index is 12.9. The second-order valence-electron chi connectivity index (χ2n) is 7.41. The van der Waals surface area contributed by atoms with E-state index in [-0.39, 0.29) is 35.5 Å². The van der Waals surface area contributed by atoms with Gasteiger partial charge in [0.2, 0.25) is 11.8 Å². The number of hydrogen-bond donors (Lipinski definition) is 0. The molecule has 6 heteroatoms. The van der Waals surface area contributed by atoms with Gasteiger partial charge < -0.3 is 4.74 Å². The number of anilines is 1. The molecule has 1 saturated heterocycles. The second kappa shape index (κ2) is 6.41. The molecule has 1 aliphatic heterocycles. The highest BCUT2D eigenvalue weighted by Gasteiger charge is 2.59. The van der Waals surface area contributed by atoms with E-state index < -0.39 is 5.97 Å². The molecule has 0 radical (unpaired) electrons. The Morgan fingerprint density at radius 2 is 1.61 bits per heavy atom. The summed E-state index contributed by atoms with van der Waals surface area (Å²) in [5.74, 6) is -0.657. The summed E-state index contributed by atoms with van der Waals surface area (Å²) in [5.41, 5.74) is 0.716. The third-order valence-corrected chi connectivity index (χ3v) is 6.36. The van der Waals surface area contributed by atoms with Gasteiger partial charge in [-0.25, -0.2) is 9.69 Å². The molecule has 4 atom stereocenters. The molecule has 1 heterocycles. The van der Waals surface area contributed by atoms with Crippen LogP contribution in [0.1, 0.15) is 16.8 Å². The first-order valence-corrected chi connectivity index (χ1v) is 9.96. The van der Waals surface area contributed by atoms with Crippen LogP contribution < -0.4 is 9.64 Å². The Morgan fingerprint density at radius 3 is 2.25 bits per heavy atom. The molecule has 0 aromatic heterocycles. The largest absolute Gasteiger partial charge is 0.423 e. The van der Waals surface area contributed by atoms with Crippen LogP contribution in [0.5, 0.6) is 5.75 Å². The molecular weight excluding hydrogens is 422 g/mol. The van der Waals surface area contributed by atoms with Crippen LogP contribution in [0.25, 0.3) is 0 Å². The number of rotatable bonds is 3. The average molecular weight is 438 g/mol. The second-order valence-corrected chi connectivity index (χ2v) is 8.32. The topological polar surface area (TPSA) is 63.7 Å². The lowest BCUT2D eigenvalue weighted by molar-refractivity contribution is -0.123. The summed E-state index contributed by atoms with van der Waals surface area (Å²) >= 11 is 3.33. The van der Waals surface area contributed by atoms with Crippen LogP contribution >= 0.6 is 15.9 Å². The number of allylic oxidation sites excluding steroid dienone is 2. The Kier molecular flexibility index (Phi) is 3.98. The molecule has 1 saturated carbocycles. The minimum absolute atomic E-state index is 0.155. The minimum atomic E-state index is -0.537. The van der Waals surface area contributed by atoms with Crippen molar-refractivity contribution in [3.63, 3.8) is 0 Å². The van der Waals surface area contributed by atoms with Crippen molar-refractivity contribution in [1.82, 2.24) is 0 Å². The molecule has 3 aliphatic rings. The third kappa shape index (κ3) is 2.63. The summed E-state index contributed by atoms with van der Waals surface area (Å²) in [5, 5.41) is 0. The maximum atomic E-state index is 12.9. The van der Waals surface area contributed by atoms with Crippen molar-refractivity contribution in [3.05, 3.63) is 70.7 Å². The van der Waals surface area contributed by atoms with E-state index in [0.29, 0.717) is 17.0 Å². The smallest absolute Gasteiger partial charge is 0.343 e. The zero-order chi connectivity index (χ0) is 19.4. The average Bonchev–Trinajstić information content (AvgIpc) is 3.37. The molecule has 5 rings (SSSR count). The van der Waals surface area contributed by atoms with Gasteiger partial charge in [0, 0.05) is 4.47 Å². The van der Waals surface area contributed by atoms with E-state index >= 15 is 0 Å². The minimum Gasteiger partial charge on any atom is -0.423 e. The van der Waals surface area contributed by atoms with Gasteiger partial charge in [0.15, 0.2) is 0 Å². The van der Waals surface area contributed by atoms with Crippen molar-refractivity contribution in [1.29, 1.82) is 0 Å². The lowest BCUT2D eigenvalue weighted by Crippen LogP contribution is -2.33. The van der Waals surface area contributed by atoms with E-state index in [1.165, 1.54) is 4.90 Å². The monoisotopic (exact) mass is 437 g/mol. The fraction of sp³-hybridized carbons (Fsp3) is 0.227. The van der Waals surface area contributed by atoms with E-state index in [9.17, 15) is 14.4 Å². The molecule has 0 spiro atoms. The molecule has 0 unspecified atom stereocenters. The first-order chi connectivity index (χ1) is 13.5. The fourth-order valence-corrected chi connectivity index (χ4v) is 4.86. The van der Waals surface area contributed by atoms with Crippen LogP contribution in [-0.4, -0.2) is 17.8 Å². The highest BCUT2D eigenvalue weighted by molar-refractivity contribution is 9.10. The molecule has 2 amide bonds. The van der Waals surface area contributed by atoms with E-state index in [1.807, 2.05) is 0 Å². The predicted octanol–water partition coefficient (Wildman–Crippen LogP) is 3.98. The third-order valence-electron chi connectivity index (χ3n) is 5.83. The van der Waals surface area contributed by atoms with Gasteiger partial charge in [-0.2, -0.15) is 0 Å². The number of benzene rings is 2. The summed E-state index contributed by atoms with van der Waals surface area (Å²) in [7, 11) is 0. The molecular formula is C22H16BrNO4. The molecule has 0 N–H and O–H groups in total. The van der Waals surface area contributed by atoms with E-state index in [4.69, 9.17) is 4.74 Å². The number of nitrogens with zero attached hydrogens (tertiary/aromatic N) is 1. The Morgan fingerprint density at radius 1 is 0.964 bits per heavy atom. The predicted molar refractivity (Wildman–Crippen MR) is 106 cm³/mol. The Labute approximate surface area is 170 Å². The number of ether oxygens (including phenoxy) is 1. The van der Waals surface area contributed by atoms with Crippen LogP contribution in [0, 0.1) is 23.7 Å². The summed E-state index contributed by atoms with van der Waals surface area (Å²) in [6.07, 6.45) is 5.01. The molecule has 2 aromatic rings. The highest BCUT2D eigenvalue weighted by atomic mass is 79.9. The van der Waals surface area contributed by atoms with Gasteiger partial charge in [-0.1, -0.05) is 34.1 Å². The molecule has 140 valence electrons. The highest BCUT2D eigenvalue weighted by Crippen LogP contribution is 2.53. The van der Waals surface area contributed by atoms with Crippen molar-refractivity contribution < 1.29 is 19.1 Å². The Bertz CT molecular complexity index is 999. The molecule has 2 fully saturated rings. The summed E-state index contributed by atoms with van der Waals surface area (Å²) in [4.78, 5) is 39.6. The number of esters is 1. The first kappa shape index (κ1) is 17.4. The van der Waals surface area contributed by atoms with Gasteiger partial charge >= 0.3 is 5.97 Å². The zero-order valence-electron chi connectivity index (χ0n) is 14.7. The zero-order valence-corrected chi connectivity index (χ0v) is 16.3. The van der Waals surface area contributed by atoms with Crippen molar-refractivity contribution in [3.8, 4) is 5.75 Å². The molecule has 28 heavy (non-hydrogen) atoms. The molecule has 2 bridgehead atoms. The van der Waals surface area contributed by atoms with E-state index in [2.05, 4.69) is 28.1 Å². The maximum Gasteiger partial charge on any atom is 0.343 e. The number of carbonyl (C=O) groups is 3. The van der Waals surface area contributed by atoms with Crippen molar-refractivity contribution in [2.45, 2.75) is 6.42 Å². The van der Waals surface area contributed by atoms with Crippen molar-refractivity contribution in [2.24, 2.45) is 23.7 Å². The number of fused-ring (bicyclic) bond motifs is 5. The lowest BCUT2D eigenvalue weighted by atomic mass is 9.85. The van der Waals surface area contributed by atoms with Gasteiger partial charge in [0.25, 0.3) is 0 Å². The number of halogens is 1. The van der Waals surface area contributed by atoms with Crippen molar-refractivity contribution in [2.75, 3.05) is 4.90 Å². The van der Waals surface area contributed by atoms with Gasteiger partial charge in [0.1, 0.15) is 5.75 Å². The van der Waals surface area contributed by atoms with Gasteiger partial charge in [0.05, 0.1) is 23.1 Å². The number of amides is 2. The normalized spacial score (nSPS) is 27.4. The quantitative estimate of drug-likeness (QED) is 0.315. The summed E-state index contributed by atoms with van der Waals surface area (Å²) < 4.78 is 6.27.